The molecule has 0 aliphatic carbocycles. The number of carbonyl (C=O) groups is 1. The Kier molecular flexibility index (Phi) is 2.34. The van der Waals surface area contributed by atoms with Crippen molar-refractivity contribution in [1.82, 2.24) is 24.1 Å². The predicted molar refractivity (Wildman–Crippen MR) is 66.9 cm³/mol. The molecule has 0 fully saturated rings. The Hall–Kier alpha value is -2.70. The number of hydrogen-bond acceptors (Lipinski definition) is 4. The van der Waals surface area contributed by atoms with Crippen LogP contribution in [0.2, 0.25) is 0 Å². The number of hydrogen-bond donors (Lipinski definition) is 1. The maximum absolute atomic E-state index is 11.1. The van der Waals surface area contributed by atoms with Crippen LogP contribution in [0.25, 0.3) is 16.9 Å². The molecule has 0 atom stereocenters. The molecule has 0 aliphatic heterocycles. The second-order valence-corrected chi connectivity index (χ2v) is 4.24. The molecule has 0 radical (unpaired) electrons. The number of carboxylic acids is 1. The van der Waals surface area contributed by atoms with E-state index >= 15 is 0 Å². The molecule has 3 heterocycles. The summed E-state index contributed by atoms with van der Waals surface area (Å²) in [6.45, 7) is 1.88. The Morgan fingerprint density at radius 1 is 1.37 bits per heavy atom. The first-order valence-electron chi connectivity index (χ1n) is 5.64. The van der Waals surface area contributed by atoms with Gasteiger partial charge in [0.15, 0.2) is 11.3 Å². The lowest BCUT2D eigenvalue weighted by Gasteiger charge is -1.95. The van der Waals surface area contributed by atoms with Gasteiger partial charge in [0.2, 0.25) is 0 Å². The van der Waals surface area contributed by atoms with Crippen molar-refractivity contribution < 1.29 is 9.90 Å². The van der Waals surface area contributed by atoms with Crippen LogP contribution in [0.1, 0.15) is 16.2 Å². The lowest BCUT2D eigenvalue weighted by Crippen LogP contribution is -2.03. The van der Waals surface area contributed by atoms with Crippen molar-refractivity contribution in [3.05, 3.63) is 36.2 Å². The highest BCUT2D eigenvalue weighted by atomic mass is 16.4. The Morgan fingerprint density at radius 3 is 2.79 bits per heavy atom. The molecule has 19 heavy (non-hydrogen) atoms. The molecule has 0 saturated carbocycles. The molecule has 3 aromatic heterocycles. The summed E-state index contributed by atoms with van der Waals surface area (Å²) in [6.07, 6.45) is 6.74. The van der Waals surface area contributed by atoms with Gasteiger partial charge in [0.05, 0.1) is 11.4 Å². The normalized spacial score (nSPS) is 11.1. The molecule has 0 amide bonds. The van der Waals surface area contributed by atoms with Crippen LogP contribution in [0, 0.1) is 6.92 Å². The maximum atomic E-state index is 11.1. The highest BCUT2D eigenvalue weighted by molar-refractivity contribution is 5.92. The highest BCUT2D eigenvalue weighted by Crippen LogP contribution is 2.22. The summed E-state index contributed by atoms with van der Waals surface area (Å²) in [5.41, 5.74) is 2.67. The second kappa shape index (κ2) is 3.91. The minimum atomic E-state index is -1.09. The zero-order valence-electron chi connectivity index (χ0n) is 10.4. The number of aromatic nitrogens is 5. The largest absolute Gasteiger partial charge is 0.476 e. The molecule has 0 aromatic carbocycles. The number of rotatable bonds is 2. The SMILES string of the molecule is Cc1nn(C)cc1-c1cn2ccnc(C(=O)O)c2n1. The third kappa shape index (κ3) is 1.75. The Balaban J connectivity index is 2.25. The van der Waals surface area contributed by atoms with Crippen molar-refractivity contribution >= 4 is 11.6 Å². The molecule has 0 aliphatic rings. The Morgan fingerprint density at radius 2 is 2.16 bits per heavy atom. The van der Waals surface area contributed by atoms with Gasteiger partial charge in [-0.25, -0.2) is 14.8 Å². The van der Waals surface area contributed by atoms with Crippen LogP contribution in [0.3, 0.4) is 0 Å². The van der Waals surface area contributed by atoms with Crippen LogP contribution < -0.4 is 0 Å². The van der Waals surface area contributed by atoms with Crippen molar-refractivity contribution in [1.29, 1.82) is 0 Å². The van der Waals surface area contributed by atoms with Crippen molar-refractivity contribution in [2.75, 3.05) is 0 Å². The number of aromatic carboxylic acids is 1. The summed E-state index contributed by atoms with van der Waals surface area (Å²) in [5, 5.41) is 13.3. The van der Waals surface area contributed by atoms with Crippen LogP contribution in [-0.2, 0) is 7.05 Å². The Labute approximate surface area is 108 Å². The quantitative estimate of drug-likeness (QED) is 0.744. The van der Waals surface area contributed by atoms with Crippen LogP contribution in [-0.4, -0.2) is 35.2 Å². The monoisotopic (exact) mass is 257 g/mol. The molecular weight excluding hydrogens is 246 g/mol. The van der Waals surface area contributed by atoms with Crippen LogP contribution in [0.15, 0.2) is 24.8 Å². The maximum Gasteiger partial charge on any atom is 0.358 e. The summed E-state index contributed by atoms with van der Waals surface area (Å²) >= 11 is 0. The number of fused-ring (bicyclic) bond motifs is 1. The molecular formula is C12H11N5O2. The molecule has 7 heteroatoms. The minimum absolute atomic E-state index is 0.0599. The highest BCUT2D eigenvalue weighted by Gasteiger charge is 2.16. The van der Waals surface area contributed by atoms with Gasteiger partial charge in [0.1, 0.15) is 0 Å². The Bertz CT molecular complexity index is 787. The van der Waals surface area contributed by atoms with Crippen LogP contribution in [0.5, 0.6) is 0 Å². The van der Waals surface area contributed by atoms with Gasteiger partial charge in [-0.1, -0.05) is 0 Å². The van der Waals surface area contributed by atoms with Gasteiger partial charge < -0.3 is 9.51 Å². The fourth-order valence-corrected chi connectivity index (χ4v) is 2.05. The van der Waals surface area contributed by atoms with E-state index in [0.29, 0.717) is 11.3 Å². The van der Waals surface area contributed by atoms with E-state index < -0.39 is 5.97 Å². The van der Waals surface area contributed by atoms with E-state index in [9.17, 15) is 4.79 Å². The molecule has 3 rings (SSSR count). The van der Waals surface area contributed by atoms with Gasteiger partial charge in [-0.3, -0.25) is 4.68 Å². The first-order valence-corrected chi connectivity index (χ1v) is 5.64. The van der Waals surface area contributed by atoms with E-state index in [1.165, 1.54) is 6.20 Å². The number of aryl methyl sites for hydroxylation is 2. The summed E-state index contributed by atoms with van der Waals surface area (Å²) < 4.78 is 3.35. The van der Waals surface area contributed by atoms with Gasteiger partial charge in [-0.15, -0.1) is 0 Å². The van der Waals surface area contributed by atoms with Gasteiger partial charge in [-0.05, 0) is 6.92 Å². The molecule has 0 unspecified atom stereocenters. The van der Waals surface area contributed by atoms with Crippen molar-refractivity contribution in [3.8, 4) is 11.3 Å². The molecule has 0 bridgehead atoms. The van der Waals surface area contributed by atoms with E-state index in [-0.39, 0.29) is 5.69 Å². The average molecular weight is 257 g/mol. The number of carboxylic acid groups (broad SMARTS) is 1. The first kappa shape index (κ1) is 11.4. The summed E-state index contributed by atoms with van der Waals surface area (Å²) in [6, 6.07) is 0. The molecule has 7 nitrogen and oxygen atoms in total. The van der Waals surface area contributed by atoms with Crippen LogP contribution >= 0.6 is 0 Å². The first-order chi connectivity index (χ1) is 9.06. The predicted octanol–water partition coefficient (Wildman–Crippen LogP) is 1.14. The van der Waals surface area contributed by atoms with Crippen LogP contribution in [0.4, 0.5) is 0 Å². The third-order valence-electron chi connectivity index (χ3n) is 2.87. The smallest absolute Gasteiger partial charge is 0.358 e. The van der Waals surface area contributed by atoms with Gasteiger partial charge >= 0.3 is 5.97 Å². The van der Waals surface area contributed by atoms with E-state index in [2.05, 4.69) is 15.1 Å². The third-order valence-corrected chi connectivity index (χ3v) is 2.87. The molecule has 3 aromatic rings. The fraction of sp³-hybridized carbons (Fsp3) is 0.167. The number of nitrogens with zero attached hydrogens (tertiary/aromatic N) is 5. The zero-order chi connectivity index (χ0) is 13.6. The van der Waals surface area contributed by atoms with E-state index in [4.69, 9.17) is 5.11 Å². The minimum Gasteiger partial charge on any atom is -0.476 e. The zero-order valence-corrected chi connectivity index (χ0v) is 10.4. The fourth-order valence-electron chi connectivity index (χ4n) is 2.05. The molecule has 96 valence electrons. The van der Waals surface area contributed by atoms with Crippen molar-refractivity contribution in [2.24, 2.45) is 7.05 Å². The van der Waals surface area contributed by atoms with Crippen molar-refractivity contribution in [3.63, 3.8) is 0 Å². The van der Waals surface area contributed by atoms with E-state index in [1.807, 2.05) is 20.2 Å². The van der Waals surface area contributed by atoms with Gasteiger partial charge in [0.25, 0.3) is 0 Å². The van der Waals surface area contributed by atoms with E-state index in [1.54, 1.807) is 21.5 Å². The topological polar surface area (TPSA) is 85.3 Å². The number of imidazole rings is 1. The summed E-state index contributed by atoms with van der Waals surface area (Å²) in [4.78, 5) is 19.3. The van der Waals surface area contributed by atoms with Crippen molar-refractivity contribution in [2.45, 2.75) is 6.92 Å². The molecule has 1 N–H and O–H groups in total. The molecule has 0 saturated heterocycles. The molecule has 0 spiro atoms. The standard InChI is InChI=1S/C12H11N5O2/c1-7-8(5-16(2)15-7)9-6-17-4-3-13-10(12(18)19)11(17)14-9/h3-6H,1-2H3,(H,18,19). The van der Waals surface area contributed by atoms with Gasteiger partial charge in [0, 0.05) is 37.4 Å². The average Bonchev–Trinajstić information content (AvgIpc) is 2.91. The second-order valence-electron chi connectivity index (χ2n) is 4.24. The lowest BCUT2D eigenvalue weighted by atomic mass is 10.2. The van der Waals surface area contributed by atoms with Gasteiger partial charge in [-0.2, -0.15) is 5.10 Å². The lowest BCUT2D eigenvalue weighted by molar-refractivity contribution is 0.0692. The summed E-state index contributed by atoms with van der Waals surface area (Å²) in [7, 11) is 1.83. The van der Waals surface area contributed by atoms with E-state index in [0.717, 1.165) is 11.3 Å². The summed E-state index contributed by atoms with van der Waals surface area (Å²) in [5.74, 6) is -1.09.